The number of alkyl halides is 1. The van der Waals surface area contributed by atoms with Crippen molar-refractivity contribution >= 4 is 7.60 Å². The molecule has 1 aliphatic heterocycles. The van der Waals surface area contributed by atoms with Gasteiger partial charge in [0.1, 0.15) is 11.7 Å². The van der Waals surface area contributed by atoms with E-state index in [1.54, 1.807) is 13.8 Å². The van der Waals surface area contributed by atoms with E-state index in [9.17, 15) is 23.9 Å². The Kier molecular flexibility index (Phi) is 4.53. The summed E-state index contributed by atoms with van der Waals surface area (Å²) in [7, 11) is -4.30. The highest BCUT2D eigenvalue weighted by Gasteiger charge is 2.71. The van der Waals surface area contributed by atoms with Crippen LogP contribution in [0.1, 0.15) is 26.5 Å². The molecule has 140 valence electrons. The maximum Gasteiger partial charge on any atom is 0.330 e. The third-order valence-electron chi connectivity index (χ3n) is 4.48. The summed E-state index contributed by atoms with van der Waals surface area (Å²) in [6, 6.07) is 1.07. The maximum absolute atomic E-state index is 15.0. The van der Waals surface area contributed by atoms with Crippen LogP contribution in [0.3, 0.4) is 0 Å². The molecule has 2 fully saturated rings. The first-order valence-electron chi connectivity index (χ1n) is 7.87. The fourth-order valence-electron chi connectivity index (χ4n) is 3.42. The van der Waals surface area contributed by atoms with E-state index in [0.717, 1.165) is 16.8 Å². The Balaban J connectivity index is 1.93. The molecule has 1 saturated heterocycles. The number of ether oxygens (including phenoxy) is 2. The summed E-state index contributed by atoms with van der Waals surface area (Å²) >= 11 is 0. The van der Waals surface area contributed by atoms with E-state index < -0.39 is 55.0 Å². The van der Waals surface area contributed by atoms with Crippen LogP contribution in [0.4, 0.5) is 4.39 Å². The number of rotatable bonds is 5. The summed E-state index contributed by atoms with van der Waals surface area (Å²) in [5.74, 6) is -0.571. The summed E-state index contributed by atoms with van der Waals surface area (Å²) in [6.07, 6.45) is -3.55. The summed E-state index contributed by atoms with van der Waals surface area (Å²) in [6.45, 7) is 3.42. The van der Waals surface area contributed by atoms with E-state index in [-0.39, 0.29) is 12.5 Å². The molecule has 1 saturated carbocycles. The minimum atomic E-state index is -4.30. The fraction of sp³-hybridized carbons (Fsp3) is 0.714. The zero-order valence-electron chi connectivity index (χ0n) is 13.7. The van der Waals surface area contributed by atoms with Gasteiger partial charge in [0.25, 0.3) is 5.56 Å². The summed E-state index contributed by atoms with van der Waals surface area (Å²) in [5.41, 5.74) is -2.64. The van der Waals surface area contributed by atoms with Gasteiger partial charge in [-0.25, -0.2) is 9.18 Å². The van der Waals surface area contributed by atoms with Crippen LogP contribution in [0, 0.1) is 5.92 Å². The molecule has 9 nitrogen and oxygen atoms in total. The number of nitrogens with one attached hydrogen (secondary N) is 1. The molecule has 11 heteroatoms. The topological polar surface area (TPSA) is 131 Å². The van der Waals surface area contributed by atoms with Crippen molar-refractivity contribution in [3.63, 3.8) is 0 Å². The van der Waals surface area contributed by atoms with Gasteiger partial charge in [0.15, 0.2) is 12.4 Å². The molecule has 25 heavy (non-hydrogen) atoms. The lowest BCUT2D eigenvalue weighted by Crippen LogP contribution is -2.38. The third-order valence-corrected chi connectivity index (χ3v) is 5.40. The van der Waals surface area contributed by atoms with E-state index in [0.29, 0.717) is 0 Å². The van der Waals surface area contributed by atoms with Crippen molar-refractivity contribution in [1.29, 1.82) is 0 Å². The molecule has 0 amide bonds. The van der Waals surface area contributed by atoms with Gasteiger partial charge in [-0.3, -0.25) is 18.9 Å². The van der Waals surface area contributed by atoms with Gasteiger partial charge in [-0.15, -0.1) is 0 Å². The molecule has 2 aliphatic rings. The number of H-pyrrole nitrogens is 1. The second-order valence-corrected chi connectivity index (χ2v) is 8.47. The monoisotopic (exact) mass is 378 g/mol. The number of hydrogen-bond acceptors (Lipinski definition) is 5. The molecule has 1 aliphatic carbocycles. The van der Waals surface area contributed by atoms with Crippen LogP contribution in [-0.2, 0) is 14.0 Å². The zero-order valence-corrected chi connectivity index (χ0v) is 14.6. The lowest BCUT2D eigenvalue weighted by molar-refractivity contribution is -0.0794. The van der Waals surface area contributed by atoms with E-state index in [1.807, 2.05) is 4.98 Å². The van der Waals surface area contributed by atoms with Crippen molar-refractivity contribution in [2.24, 2.45) is 5.92 Å². The Morgan fingerprint density at radius 2 is 2.20 bits per heavy atom. The minimum Gasteiger partial charge on any atom is -0.369 e. The molecular formula is C14H20FN2O7P. The number of halogens is 1. The van der Waals surface area contributed by atoms with E-state index in [1.165, 1.54) is 0 Å². The van der Waals surface area contributed by atoms with Crippen LogP contribution in [0.25, 0.3) is 0 Å². The molecule has 0 aromatic carbocycles. The molecule has 3 rings (SSSR count). The van der Waals surface area contributed by atoms with Crippen molar-refractivity contribution in [3.8, 4) is 0 Å². The van der Waals surface area contributed by atoms with Gasteiger partial charge in [0.2, 0.25) is 0 Å². The van der Waals surface area contributed by atoms with Gasteiger partial charge in [0, 0.05) is 18.2 Å². The molecule has 5 atom stereocenters. The zero-order chi connectivity index (χ0) is 18.6. The average molecular weight is 378 g/mol. The van der Waals surface area contributed by atoms with Crippen LogP contribution in [0.15, 0.2) is 21.9 Å². The van der Waals surface area contributed by atoms with Crippen LogP contribution >= 0.6 is 7.60 Å². The first-order chi connectivity index (χ1) is 11.5. The molecule has 0 radical (unpaired) electrons. The number of aromatic amines is 1. The maximum atomic E-state index is 15.0. The third kappa shape index (κ3) is 3.50. The van der Waals surface area contributed by atoms with Crippen LogP contribution < -0.4 is 11.2 Å². The Morgan fingerprint density at radius 3 is 2.76 bits per heavy atom. The van der Waals surface area contributed by atoms with Gasteiger partial charge >= 0.3 is 13.3 Å². The van der Waals surface area contributed by atoms with Gasteiger partial charge in [-0.1, -0.05) is 0 Å². The molecule has 3 N–H and O–H groups in total. The smallest absolute Gasteiger partial charge is 0.330 e. The molecule has 1 aromatic rings. The molecule has 0 bridgehead atoms. The largest absolute Gasteiger partial charge is 0.369 e. The fourth-order valence-corrected chi connectivity index (χ4v) is 4.43. The highest BCUT2D eigenvalue weighted by molar-refractivity contribution is 7.51. The lowest BCUT2D eigenvalue weighted by atomic mass is 10.1. The standard InChI is InChI=1S/C14H20FN2O7P/c1-7(2)23-11-10(15)12(17-4-3-9(18)16-13(17)19)24-14(11)5-8(14)6-25(20,21)22/h3-4,7-8,10-12H,5-6H2,1-2H3,(H,16,18,19)(H2,20,21,22)/t8?,10-,11+,12-,14-/m1/s1. The van der Waals surface area contributed by atoms with Crippen LogP contribution in [0.5, 0.6) is 0 Å². The molecule has 1 unspecified atom stereocenters. The number of hydrogen-bond donors (Lipinski definition) is 3. The molecular weight excluding hydrogens is 358 g/mol. The summed E-state index contributed by atoms with van der Waals surface area (Å²) < 4.78 is 38.6. The Hall–Kier alpha value is -1.32. The van der Waals surface area contributed by atoms with Gasteiger partial charge < -0.3 is 19.3 Å². The Labute approximate surface area is 141 Å². The average Bonchev–Trinajstić information content (AvgIpc) is 3.05. The minimum absolute atomic E-state index is 0.227. The number of nitrogens with zero attached hydrogens (tertiary/aromatic N) is 1. The van der Waals surface area contributed by atoms with Crippen molar-refractivity contribution in [2.45, 2.75) is 50.5 Å². The van der Waals surface area contributed by atoms with Crippen molar-refractivity contribution in [3.05, 3.63) is 33.1 Å². The summed E-state index contributed by atoms with van der Waals surface area (Å²) in [5, 5.41) is 0. The van der Waals surface area contributed by atoms with Crippen molar-refractivity contribution < 1.29 is 28.2 Å². The van der Waals surface area contributed by atoms with E-state index in [2.05, 4.69) is 0 Å². The Morgan fingerprint density at radius 1 is 1.52 bits per heavy atom. The van der Waals surface area contributed by atoms with Crippen molar-refractivity contribution in [2.75, 3.05) is 6.16 Å². The highest BCUT2D eigenvalue weighted by atomic mass is 31.2. The Bertz CT molecular complexity index is 818. The van der Waals surface area contributed by atoms with Crippen LogP contribution in [-0.4, -0.2) is 49.5 Å². The number of aromatic nitrogens is 2. The second kappa shape index (κ2) is 6.14. The second-order valence-electron chi connectivity index (χ2n) is 6.78. The highest BCUT2D eigenvalue weighted by Crippen LogP contribution is 2.62. The SMILES string of the molecule is CC(C)O[C@H]1[C@@H](F)[C@H](n2ccc(=O)[nH]c2=O)O[C@@]12CC2CP(=O)(O)O. The predicted octanol–water partition coefficient (Wildman–Crippen LogP) is 0.134. The molecule has 1 spiro atoms. The van der Waals surface area contributed by atoms with Crippen molar-refractivity contribution in [1.82, 2.24) is 9.55 Å². The van der Waals surface area contributed by atoms with Gasteiger partial charge in [0.05, 0.1) is 12.3 Å². The first-order valence-corrected chi connectivity index (χ1v) is 9.66. The summed E-state index contributed by atoms with van der Waals surface area (Å²) in [4.78, 5) is 43.5. The normalized spacial score (nSPS) is 34.8. The lowest BCUT2D eigenvalue weighted by Gasteiger charge is -2.23. The molecule has 2 heterocycles. The van der Waals surface area contributed by atoms with Gasteiger partial charge in [-0.2, -0.15) is 0 Å². The van der Waals surface area contributed by atoms with E-state index in [4.69, 9.17) is 9.47 Å². The molecule has 1 aromatic heterocycles. The first kappa shape index (κ1) is 18.5. The van der Waals surface area contributed by atoms with Gasteiger partial charge in [-0.05, 0) is 20.3 Å². The predicted molar refractivity (Wildman–Crippen MR) is 84.1 cm³/mol. The van der Waals surface area contributed by atoms with Crippen LogP contribution in [0.2, 0.25) is 0 Å². The quantitative estimate of drug-likeness (QED) is 0.621. The van der Waals surface area contributed by atoms with E-state index >= 15 is 4.39 Å².